The van der Waals surface area contributed by atoms with Gasteiger partial charge in [-0.15, -0.1) is 0 Å². The molecule has 0 aliphatic heterocycles. The van der Waals surface area contributed by atoms with Gasteiger partial charge in [0.1, 0.15) is 0 Å². The summed E-state index contributed by atoms with van der Waals surface area (Å²) in [5.74, 6) is 0.340. The van der Waals surface area contributed by atoms with Gasteiger partial charge in [0.05, 0.1) is 0 Å². The third-order valence-corrected chi connectivity index (χ3v) is 2.17. The van der Waals surface area contributed by atoms with Gasteiger partial charge < -0.3 is 15.7 Å². The zero-order valence-corrected chi connectivity index (χ0v) is 9.14. The van der Waals surface area contributed by atoms with Crippen LogP contribution in [0.2, 0.25) is 0 Å². The standard InChI is InChI=1S/C10H16N2.Al.Li.4H/c1-8(7-11)10(12)9-5-3-2-4-6-9;;;;;;/h2-6,8,10H,7,11-12H2,1H3;;;;;;/q;+3;;;3*-1. The molecular weight excluding hydrogens is 182 g/mol. The van der Waals surface area contributed by atoms with E-state index in [1.54, 1.807) is 0 Å². The zero-order valence-electron chi connectivity index (χ0n) is 11.0. The van der Waals surface area contributed by atoms with Crippen LogP contribution in [0, 0.1) is 5.92 Å². The number of rotatable bonds is 3. The van der Waals surface area contributed by atoms with Gasteiger partial charge in [0.15, 0.2) is 0 Å². The Kier molecular flexibility index (Phi) is 10.2. The van der Waals surface area contributed by atoms with E-state index in [2.05, 4.69) is 6.92 Å². The molecule has 0 bridgehead atoms. The van der Waals surface area contributed by atoms with E-state index in [1.807, 2.05) is 30.3 Å². The fourth-order valence-electron chi connectivity index (χ4n) is 1.15. The Hall–Kier alpha value is 0.270. The first-order chi connectivity index (χ1) is 5.75. The molecule has 1 rings (SSSR count). The quantitative estimate of drug-likeness (QED) is 0.705. The average molecular weight is 202 g/mol. The van der Waals surface area contributed by atoms with E-state index in [0.717, 1.165) is 5.56 Å². The summed E-state index contributed by atoms with van der Waals surface area (Å²) in [6.07, 6.45) is 0. The average Bonchev–Trinajstić information content (AvgIpc) is 2.17. The summed E-state index contributed by atoms with van der Waals surface area (Å²) in [5.41, 5.74) is 12.7. The molecule has 0 fully saturated rings. The Balaban J connectivity index is -0.0000000960. The molecule has 0 spiro atoms. The van der Waals surface area contributed by atoms with Crippen LogP contribution in [0.5, 0.6) is 0 Å². The summed E-state index contributed by atoms with van der Waals surface area (Å²) in [4.78, 5) is 0. The van der Waals surface area contributed by atoms with Crippen LogP contribution < -0.4 is 11.5 Å². The van der Waals surface area contributed by atoms with Crippen molar-refractivity contribution >= 4 is 36.2 Å². The molecule has 0 aliphatic rings. The van der Waals surface area contributed by atoms with Gasteiger partial charge in [-0.3, -0.25) is 0 Å². The molecule has 74 valence electrons. The molecule has 1 aromatic rings. The predicted molar refractivity (Wildman–Crippen MR) is 67.8 cm³/mol. The Morgan fingerprint density at radius 2 is 1.79 bits per heavy atom. The second kappa shape index (κ2) is 8.57. The van der Waals surface area contributed by atoms with Crippen molar-refractivity contribution in [1.29, 1.82) is 0 Å². The van der Waals surface area contributed by atoms with Crippen molar-refractivity contribution in [2.24, 2.45) is 17.4 Å². The molecule has 0 saturated heterocycles. The SMILES string of the molecule is CC(CN)C(N)c1ccccc1.[Al+3].[H-].[H-].[H-].[LiH]. The molecule has 4 N–H and O–H groups in total. The van der Waals surface area contributed by atoms with Crippen LogP contribution in [0.15, 0.2) is 30.3 Å². The summed E-state index contributed by atoms with van der Waals surface area (Å²) in [6, 6.07) is 10.1. The van der Waals surface area contributed by atoms with Crippen LogP contribution in [0.4, 0.5) is 0 Å². The van der Waals surface area contributed by atoms with E-state index in [1.165, 1.54) is 0 Å². The molecule has 14 heavy (non-hydrogen) atoms. The van der Waals surface area contributed by atoms with Crippen molar-refractivity contribution < 1.29 is 4.28 Å². The van der Waals surface area contributed by atoms with Crippen molar-refractivity contribution in [3.8, 4) is 0 Å². The maximum absolute atomic E-state index is 5.97. The zero-order chi connectivity index (χ0) is 8.97. The number of hydrogen-bond donors (Lipinski definition) is 2. The molecule has 1 aromatic carbocycles. The normalized spacial score (nSPS) is 13.4. The molecule has 4 heteroatoms. The molecule has 2 atom stereocenters. The van der Waals surface area contributed by atoms with Crippen LogP contribution in [-0.4, -0.2) is 42.8 Å². The third-order valence-electron chi connectivity index (χ3n) is 2.17. The monoisotopic (exact) mass is 202 g/mol. The van der Waals surface area contributed by atoms with Crippen LogP contribution in [0.1, 0.15) is 22.8 Å². The van der Waals surface area contributed by atoms with Gasteiger partial charge >= 0.3 is 36.2 Å². The summed E-state index contributed by atoms with van der Waals surface area (Å²) < 4.78 is 0. The Morgan fingerprint density at radius 1 is 1.29 bits per heavy atom. The molecular formula is C10H20AlLiN2. The van der Waals surface area contributed by atoms with E-state index < -0.39 is 0 Å². The fraction of sp³-hybridized carbons (Fsp3) is 0.400. The fourth-order valence-corrected chi connectivity index (χ4v) is 1.15. The molecule has 0 amide bonds. The molecule has 0 heterocycles. The van der Waals surface area contributed by atoms with Crippen LogP contribution >= 0.6 is 0 Å². The number of nitrogens with two attached hydrogens (primary N) is 2. The first-order valence-corrected chi connectivity index (χ1v) is 4.26. The van der Waals surface area contributed by atoms with Crippen molar-refractivity contribution in [3.63, 3.8) is 0 Å². The first kappa shape index (κ1) is 16.7. The van der Waals surface area contributed by atoms with Gasteiger partial charge in [0.2, 0.25) is 0 Å². The van der Waals surface area contributed by atoms with Gasteiger partial charge in [0, 0.05) is 6.04 Å². The molecule has 2 unspecified atom stereocenters. The Labute approximate surface area is 113 Å². The van der Waals surface area contributed by atoms with Gasteiger partial charge in [0.25, 0.3) is 0 Å². The molecule has 0 aliphatic carbocycles. The summed E-state index contributed by atoms with van der Waals surface area (Å²) in [7, 11) is 0. The van der Waals surface area contributed by atoms with Crippen molar-refractivity contribution in [3.05, 3.63) is 35.9 Å². The second-order valence-corrected chi connectivity index (χ2v) is 3.15. The van der Waals surface area contributed by atoms with Crippen molar-refractivity contribution in [2.75, 3.05) is 6.54 Å². The summed E-state index contributed by atoms with van der Waals surface area (Å²) in [5, 5.41) is 0. The second-order valence-electron chi connectivity index (χ2n) is 3.15. The summed E-state index contributed by atoms with van der Waals surface area (Å²) >= 11 is 0. The van der Waals surface area contributed by atoms with E-state index >= 15 is 0 Å². The minimum absolute atomic E-state index is 0. The van der Waals surface area contributed by atoms with Crippen molar-refractivity contribution in [2.45, 2.75) is 13.0 Å². The van der Waals surface area contributed by atoms with Gasteiger partial charge in [-0.2, -0.15) is 0 Å². The third kappa shape index (κ3) is 4.67. The van der Waals surface area contributed by atoms with E-state index in [4.69, 9.17) is 11.5 Å². The topological polar surface area (TPSA) is 52.0 Å². The van der Waals surface area contributed by atoms with E-state index in [0.29, 0.717) is 12.5 Å². The van der Waals surface area contributed by atoms with Crippen LogP contribution in [0.3, 0.4) is 0 Å². The summed E-state index contributed by atoms with van der Waals surface area (Å²) in [6.45, 7) is 2.70. The molecule has 2 nitrogen and oxygen atoms in total. The first-order valence-electron chi connectivity index (χ1n) is 4.26. The molecule has 0 saturated carbocycles. The Bertz CT molecular complexity index is 242. The van der Waals surface area contributed by atoms with Crippen LogP contribution in [0.25, 0.3) is 0 Å². The Morgan fingerprint density at radius 3 is 2.21 bits per heavy atom. The maximum atomic E-state index is 5.97. The molecule has 0 aromatic heterocycles. The predicted octanol–water partition coefficient (Wildman–Crippen LogP) is 0.589. The minimum atomic E-state index is 0. The van der Waals surface area contributed by atoms with Gasteiger partial charge in [-0.1, -0.05) is 37.3 Å². The number of hydrogen-bond acceptors (Lipinski definition) is 2. The number of benzene rings is 1. The van der Waals surface area contributed by atoms with E-state index in [-0.39, 0.29) is 46.5 Å². The van der Waals surface area contributed by atoms with Gasteiger partial charge in [-0.25, -0.2) is 0 Å². The van der Waals surface area contributed by atoms with Crippen molar-refractivity contribution in [1.82, 2.24) is 0 Å². The van der Waals surface area contributed by atoms with Gasteiger partial charge in [-0.05, 0) is 18.0 Å². The van der Waals surface area contributed by atoms with Crippen LogP contribution in [-0.2, 0) is 0 Å². The molecule has 0 radical (unpaired) electrons. The van der Waals surface area contributed by atoms with E-state index in [9.17, 15) is 0 Å².